The van der Waals surface area contributed by atoms with Crippen LogP contribution < -0.4 is 10.1 Å². The van der Waals surface area contributed by atoms with Gasteiger partial charge in [0, 0.05) is 12.6 Å². The van der Waals surface area contributed by atoms with E-state index in [4.69, 9.17) is 9.47 Å². The summed E-state index contributed by atoms with van der Waals surface area (Å²) in [4.78, 5) is 14.5. The zero-order chi connectivity index (χ0) is 17.2. The van der Waals surface area contributed by atoms with Crippen molar-refractivity contribution in [2.24, 2.45) is 0 Å². The van der Waals surface area contributed by atoms with Crippen molar-refractivity contribution in [1.29, 1.82) is 0 Å². The van der Waals surface area contributed by atoms with E-state index >= 15 is 0 Å². The number of hydrogen-bond donors (Lipinski definition) is 1. The molecule has 1 amide bonds. The molecule has 24 heavy (non-hydrogen) atoms. The molecule has 0 saturated heterocycles. The van der Waals surface area contributed by atoms with Crippen LogP contribution >= 0.6 is 0 Å². The fourth-order valence-electron chi connectivity index (χ4n) is 3.12. The average molecular weight is 334 g/mol. The van der Waals surface area contributed by atoms with Crippen LogP contribution in [0.2, 0.25) is 0 Å². The predicted octanol–water partition coefficient (Wildman–Crippen LogP) is 3.30. The van der Waals surface area contributed by atoms with Crippen molar-refractivity contribution in [2.45, 2.75) is 45.1 Å². The molecule has 0 aromatic heterocycles. The molecule has 1 N–H and O–H groups in total. The van der Waals surface area contributed by atoms with Crippen LogP contribution in [0.15, 0.2) is 24.3 Å². The van der Waals surface area contributed by atoms with Gasteiger partial charge in [-0.15, -0.1) is 0 Å². The summed E-state index contributed by atoms with van der Waals surface area (Å²) in [5, 5.41) is 2.98. The van der Waals surface area contributed by atoms with Crippen LogP contribution in [-0.2, 0) is 9.53 Å². The van der Waals surface area contributed by atoms with Crippen molar-refractivity contribution in [2.75, 3.05) is 38.7 Å². The highest BCUT2D eigenvalue weighted by Crippen LogP contribution is 2.24. The van der Waals surface area contributed by atoms with Gasteiger partial charge in [0.25, 0.3) is 0 Å². The second kappa shape index (κ2) is 10.3. The molecule has 0 bridgehead atoms. The molecule has 1 aliphatic carbocycles. The number of para-hydroxylation sites is 2. The molecule has 5 nitrogen and oxygen atoms in total. The van der Waals surface area contributed by atoms with Gasteiger partial charge < -0.3 is 14.8 Å². The van der Waals surface area contributed by atoms with Crippen LogP contribution in [0.4, 0.5) is 5.69 Å². The summed E-state index contributed by atoms with van der Waals surface area (Å²) in [6, 6.07) is 8.07. The number of nitrogens with zero attached hydrogens (tertiary/aromatic N) is 1. The lowest BCUT2D eigenvalue weighted by Gasteiger charge is -2.30. The van der Waals surface area contributed by atoms with Crippen LogP contribution in [-0.4, -0.2) is 50.3 Å². The molecule has 2 rings (SSSR count). The Labute approximate surface area is 145 Å². The molecule has 1 aliphatic rings. The minimum atomic E-state index is 0.00364. The second-order valence-electron chi connectivity index (χ2n) is 6.30. The molecule has 0 heterocycles. The topological polar surface area (TPSA) is 50.8 Å². The highest BCUT2D eigenvalue weighted by atomic mass is 16.5. The monoisotopic (exact) mass is 334 g/mol. The van der Waals surface area contributed by atoms with E-state index in [0.717, 1.165) is 5.69 Å². The van der Waals surface area contributed by atoms with Crippen molar-refractivity contribution in [3.8, 4) is 5.75 Å². The van der Waals surface area contributed by atoms with E-state index in [1.165, 1.54) is 32.1 Å². The quantitative estimate of drug-likeness (QED) is 0.704. The molecule has 1 fully saturated rings. The second-order valence-corrected chi connectivity index (χ2v) is 6.30. The molecule has 1 aromatic carbocycles. The molecular formula is C19H30N2O3. The molecule has 0 atom stereocenters. The third-order valence-electron chi connectivity index (χ3n) is 4.44. The summed E-state index contributed by atoms with van der Waals surface area (Å²) in [6.45, 7) is 4.07. The summed E-state index contributed by atoms with van der Waals surface area (Å²) in [5.74, 6) is 0.690. The maximum Gasteiger partial charge on any atom is 0.238 e. The Morgan fingerprint density at radius 3 is 2.71 bits per heavy atom. The first kappa shape index (κ1) is 18.7. The third-order valence-corrected chi connectivity index (χ3v) is 4.44. The van der Waals surface area contributed by atoms with Crippen molar-refractivity contribution < 1.29 is 14.3 Å². The van der Waals surface area contributed by atoms with Gasteiger partial charge in [-0.2, -0.15) is 0 Å². The summed E-state index contributed by atoms with van der Waals surface area (Å²) in [5.41, 5.74) is 0.719. The minimum Gasteiger partial charge on any atom is -0.489 e. The lowest BCUT2D eigenvalue weighted by atomic mass is 9.94. The summed E-state index contributed by atoms with van der Waals surface area (Å²) < 4.78 is 11.0. The minimum absolute atomic E-state index is 0.00364. The molecule has 0 unspecified atom stereocenters. The fraction of sp³-hybridized carbons (Fsp3) is 0.632. The number of likely N-dealkylation sites (N-methyl/N-ethyl adjacent to an activating group) is 1. The van der Waals surface area contributed by atoms with Crippen molar-refractivity contribution in [1.82, 2.24) is 4.90 Å². The van der Waals surface area contributed by atoms with Crippen molar-refractivity contribution in [3.63, 3.8) is 0 Å². The number of amides is 1. The largest absolute Gasteiger partial charge is 0.489 e. The van der Waals surface area contributed by atoms with E-state index in [0.29, 0.717) is 38.2 Å². The number of carbonyl (C=O) groups is 1. The number of ether oxygens (including phenoxy) is 2. The van der Waals surface area contributed by atoms with Crippen molar-refractivity contribution in [3.05, 3.63) is 24.3 Å². The third kappa shape index (κ3) is 6.13. The summed E-state index contributed by atoms with van der Waals surface area (Å²) in [6.07, 6.45) is 6.26. The van der Waals surface area contributed by atoms with Gasteiger partial charge in [-0.25, -0.2) is 0 Å². The Bertz CT molecular complexity index is 501. The number of anilines is 1. The SMILES string of the molecule is CCOCCOc1ccccc1NC(=O)CN(C)C1CCCCC1. The lowest BCUT2D eigenvalue weighted by Crippen LogP contribution is -2.39. The predicted molar refractivity (Wildman–Crippen MR) is 96.6 cm³/mol. The number of nitrogens with one attached hydrogen (secondary N) is 1. The summed E-state index contributed by atoms with van der Waals surface area (Å²) in [7, 11) is 2.04. The average Bonchev–Trinajstić information content (AvgIpc) is 2.60. The molecule has 1 saturated carbocycles. The van der Waals surface area contributed by atoms with E-state index in [9.17, 15) is 4.79 Å². The Balaban J connectivity index is 1.84. The Morgan fingerprint density at radius 1 is 1.21 bits per heavy atom. The number of hydrogen-bond acceptors (Lipinski definition) is 4. The van der Waals surface area contributed by atoms with Crippen molar-refractivity contribution >= 4 is 11.6 Å². The van der Waals surface area contributed by atoms with E-state index in [2.05, 4.69) is 10.2 Å². The summed E-state index contributed by atoms with van der Waals surface area (Å²) >= 11 is 0. The van der Waals surface area contributed by atoms with Crippen LogP contribution in [0, 0.1) is 0 Å². The highest BCUT2D eigenvalue weighted by Gasteiger charge is 2.20. The number of rotatable bonds is 9. The molecule has 5 heteroatoms. The van der Waals surface area contributed by atoms with Gasteiger partial charge in [0.2, 0.25) is 5.91 Å². The first-order valence-corrected chi connectivity index (χ1v) is 9.00. The van der Waals surface area contributed by atoms with Gasteiger partial charge in [0.05, 0.1) is 18.8 Å². The Morgan fingerprint density at radius 2 is 1.96 bits per heavy atom. The van der Waals surface area contributed by atoms with E-state index < -0.39 is 0 Å². The zero-order valence-electron chi connectivity index (χ0n) is 14.9. The van der Waals surface area contributed by atoms with E-state index in [1.54, 1.807) is 0 Å². The van der Waals surface area contributed by atoms with E-state index in [-0.39, 0.29) is 5.91 Å². The first-order chi connectivity index (χ1) is 11.7. The molecule has 0 spiro atoms. The molecular weight excluding hydrogens is 304 g/mol. The first-order valence-electron chi connectivity index (χ1n) is 9.00. The normalized spacial score (nSPS) is 15.5. The van der Waals surface area contributed by atoms with Crippen LogP contribution in [0.1, 0.15) is 39.0 Å². The molecule has 1 aromatic rings. The standard InChI is InChI=1S/C19H30N2O3/c1-3-23-13-14-24-18-12-8-7-11-17(18)20-19(22)15-21(2)16-9-5-4-6-10-16/h7-8,11-12,16H,3-6,9-10,13-15H2,1-2H3,(H,20,22). The van der Waals surface area contributed by atoms with Gasteiger partial charge in [-0.05, 0) is 38.9 Å². The van der Waals surface area contributed by atoms with Crippen LogP contribution in [0.3, 0.4) is 0 Å². The zero-order valence-corrected chi connectivity index (χ0v) is 14.9. The molecule has 134 valence electrons. The Kier molecular flexibility index (Phi) is 8.05. The van der Waals surface area contributed by atoms with Gasteiger partial charge in [0.15, 0.2) is 0 Å². The number of carbonyl (C=O) groups excluding carboxylic acids is 1. The van der Waals surface area contributed by atoms with E-state index in [1.807, 2.05) is 38.2 Å². The molecule has 0 radical (unpaired) electrons. The maximum atomic E-state index is 12.4. The fourth-order valence-corrected chi connectivity index (χ4v) is 3.12. The number of benzene rings is 1. The van der Waals surface area contributed by atoms with Gasteiger partial charge in [0.1, 0.15) is 12.4 Å². The highest BCUT2D eigenvalue weighted by molar-refractivity contribution is 5.93. The maximum absolute atomic E-state index is 12.4. The lowest BCUT2D eigenvalue weighted by molar-refractivity contribution is -0.117. The van der Waals surface area contributed by atoms with Gasteiger partial charge >= 0.3 is 0 Å². The van der Waals surface area contributed by atoms with Gasteiger partial charge in [-0.3, -0.25) is 9.69 Å². The smallest absolute Gasteiger partial charge is 0.238 e. The van der Waals surface area contributed by atoms with Gasteiger partial charge in [-0.1, -0.05) is 31.4 Å². The molecule has 0 aliphatic heterocycles. The Hall–Kier alpha value is -1.59. The van der Waals surface area contributed by atoms with Crippen LogP contribution in [0.25, 0.3) is 0 Å². The van der Waals surface area contributed by atoms with Crippen LogP contribution in [0.5, 0.6) is 5.75 Å².